The average molecular weight is 832 g/mol. The summed E-state index contributed by atoms with van der Waals surface area (Å²) in [7, 11) is 0. The van der Waals surface area contributed by atoms with E-state index in [0.717, 1.165) is 70.6 Å². The molecular weight excluding hydrogens is 750 g/mol. The molecule has 2 saturated heterocycles. The van der Waals surface area contributed by atoms with Gasteiger partial charge in [-0.25, -0.2) is 0 Å². The minimum Gasteiger partial charge on any atom is -0.394 e. The Labute approximate surface area is 348 Å². The second-order valence-electron chi connectivity index (χ2n) is 16.2. The monoisotopic (exact) mass is 832 g/mol. The summed E-state index contributed by atoms with van der Waals surface area (Å²) < 4.78 is 22.6. The van der Waals surface area contributed by atoms with Gasteiger partial charge < -0.3 is 65.1 Å². The number of ether oxygens (including phenoxy) is 4. The van der Waals surface area contributed by atoms with Crippen molar-refractivity contribution in [1.82, 2.24) is 5.32 Å². The van der Waals surface area contributed by atoms with Gasteiger partial charge in [0.25, 0.3) is 0 Å². The van der Waals surface area contributed by atoms with Crippen LogP contribution < -0.4 is 5.32 Å². The molecule has 340 valence electrons. The molecule has 0 saturated carbocycles. The number of nitrogens with one attached hydrogen (secondary N) is 1. The molecule has 1 amide bonds. The maximum atomic E-state index is 13.1. The molecule has 14 heteroatoms. The first-order valence-corrected chi connectivity index (χ1v) is 22.6. The third-order valence-corrected chi connectivity index (χ3v) is 11.2. The van der Waals surface area contributed by atoms with Crippen LogP contribution in [0.5, 0.6) is 0 Å². The molecule has 0 aromatic heterocycles. The smallest absolute Gasteiger partial charge is 0.220 e. The summed E-state index contributed by atoms with van der Waals surface area (Å²) in [6, 6.07) is -0.831. The van der Waals surface area contributed by atoms with Crippen molar-refractivity contribution in [2.45, 2.75) is 229 Å². The molecule has 2 rings (SSSR count). The zero-order chi connectivity index (χ0) is 42.5. The summed E-state index contributed by atoms with van der Waals surface area (Å²) in [6.07, 6.45) is 14.8. The average Bonchev–Trinajstić information content (AvgIpc) is 3.22. The van der Waals surface area contributed by atoms with E-state index in [1.165, 1.54) is 51.4 Å². The number of unbranched alkanes of at least 4 members (excludes halogenated alkanes) is 16. The highest BCUT2D eigenvalue weighted by molar-refractivity contribution is 5.76. The Bertz CT molecular complexity index is 1080. The number of rotatable bonds is 33. The normalized spacial score (nSPS) is 29.0. The molecule has 12 atom stereocenters. The van der Waals surface area contributed by atoms with E-state index >= 15 is 0 Å². The number of carbonyl (C=O) groups excluding carboxylic acids is 1. The third kappa shape index (κ3) is 20.4. The van der Waals surface area contributed by atoms with Gasteiger partial charge >= 0.3 is 0 Å². The molecule has 0 radical (unpaired) electrons. The van der Waals surface area contributed by atoms with Crippen molar-refractivity contribution in [1.29, 1.82) is 0 Å². The molecular formula is C44H81NO13. The van der Waals surface area contributed by atoms with Gasteiger partial charge in [-0.15, -0.1) is 0 Å². The van der Waals surface area contributed by atoms with Crippen LogP contribution in [0.4, 0.5) is 0 Å². The summed E-state index contributed by atoms with van der Waals surface area (Å²) in [5.41, 5.74) is 0. The van der Waals surface area contributed by atoms with Crippen molar-refractivity contribution in [2.75, 3.05) is 19.8 Å². The van der Waals surface area contributed by atoms with Crippen LogP contribution in [-0.2, 0) is 23.7 Å². The number of aliphatic hydroxyl groups is 8. The van der Waals surface area contributed by atoms with Gasteiger partial charge in [0.2, 0.25) is 5.91 Å². The molecule has 14 nitrogen and oxygen atoms in total. The van der Waals surface area contributed by atoms with Crippen LogP contribution in [0.1, 0.15) is 155 Å². The lowest BCUT2D eigenvalue weighted by Crippen LogP contribution is -2.65. The summed E-state index contributed by atoms with van der Waals surface area (Å²) in [4.78, 5) is 13.1. The van der Waals surface area contributed by atoms with E-state index in [9.17, 15) is 45.6 Å². The largest absolute Gasteiger partial charge is 0.394 e. The number of hydrogen-bond donors (Lipinski definition) is 9. The zero-order valence-corrected chi connectivity index (χ0v) is 35.5. The molecule has 0 aromatic rings. The van der Waals surface area contributed by atoms with Crippen LogP contribution >= 0.6 is 0 Å². The van der Waals surface area contributed by atoms with E-state index in [1.54, 1.807) is 0 Å². The van der Waals surface area contributed by atoms with E-state index in [-0.39, 0.29) is 18.9 Å². The van der Waals surface area contributed by atoms with E-state index < -0.39 is 86.8 Å². The third-order valence-electron chi connectivity index (χ3n) is 11.2. The molecule has 0 aromatic carbocycles. The van der Waals surface area contributed by atoms with E-state index in [0.29, 0.717) is 12.8 Å². The first-order chi connectivity index (χ1) is 28.1. The van der Waals surface area contributed by atoms with Crippen molar-refractivity contribution in [2.24, 2.45) is 0 Å². The second-order valence-corrected chi connectivity index (χ2v) is 16.2. The van der Waals surface area contributed by atoms with Crippen LogP contribution in [0.15, 0.2) is 24.3 Å². The highest BCUT2D eigenvalue weighted by atomic mass is 16.7. The predicted octanol–water partition coefficient (Wildman–Crippen LogP) is 4.21. The van der Waals surface area contributed by atoms with Gasteiger partial charge in [-0.3, -0.25) is 4.79 Å². The number of allylic oxidation sites excluding steroid dienone is 4. The molecule has 12 unspecified atom stereocenters. The van der Waals surface area contributed by atoms with Crippen molar-refractivity contribution < 1.29 is 64.6 Å². The van der Waals surface area contributed by atoms with Gasteiger partial charge in [-0.2, -0.15) is 0 Å². The van der Waals surface area contributed by atoms with Gasteiger partial charge in [0.05, 0.1) is 32.0 Å². The summed E-state index contributed by atoms with van der Waals surface area (Å²) in [5.74, 6) is -0.225. The molecule has 2 heterocycles. The van der Waals surface area contributed by atoms with Crippen molar-refractivity contribution >= 4 is 5.91 Å². The van der Waals surface area contributed by atoms with Crippen LogP contribution in [0, 0.1) is 0 Å². The molecule has 0 bridgehead atoms. The molecule has 0 aliphatic carbocycles. The molecule has 2 aliphatic heterocycles. The lowest BCUT2D eigenvalue weighted by molar-refractivity contribution is -0.359. The Hall–Kier alpha value is -1.53. The first kappa shape index (κ1) is 52.6. The fourth-order valence-electron chi connectivity index (χ4n) is 7.37. The maximum absolute atomic E-state index is 13.1. The van der Waals surface area contributed by atoms with Crippen LogP contribution in [-0.4, -0.2) is 140 Å². The Kier molecular flexibility index (Phi) is 29.2. The Morgan fingerprint density at radius 3 is 1.78 bits per heavy atom. The second kappa shape index (κ2) is 32.2. The summed E-state index contributed by atoms with van der Waals surface area (Å²) in [5, 5.41) is 86.5. The maximum Gasteiger partial charge on any atom is 0.220 e. The van der Waals surface area contributed by atoms with Crippen molar-refractivity contribution in [3.8, 4) is 0 Å². The lowest BCUT2D eigenvalue weighted by Gasteiger charge is -2.46. The fourth-order valence-corrected chi connectivity index (χ4v) is 7.37. The molecule has 0 spiro atoms. The SMILES string of the molecule is CCCC/C=C\C/C=C\CCCCCCCC(=O)NC(COC1OC(CO)C(OC2OC(CO)C(O)C(O)C2O)C(O)C1O)C(O)CCCCCCCCCCCC. The quantitative estimate of drug-likeness (QED) is 0.0334. The Morgan fingerprint density at radius 1 is 0.621 bits per heavy atom. The van der Waals surface area contributed by atoms with E-state index in [4.69, 9.17) is 18.9 Å². The molecule has 58 heavy (non-hydrogen) atoms. The van der Waals surface area contributed by atoms with Gasteiger partial charge in [0, 0.05) is 6.42 Å². The molecule has 9 N–H and O–H groups in total. The Balaban J connectivity index is 1.89. The minimum atomic E-state index is -1.78. The Morgan fingerprint density at radius 2 is 1.16 bits per heavy atom. The van der Waals surface area contributed by atoms with Gasteiger partial charge in [-0.1, -0.05) is 134 Å². The summed E-state index contributed by atoms with van der Waals surface area (Å²) in [6.45, 7) is 2.75. The number of hydrogen-bond acceptors (Lipinski definition) is 13. The van der Waals surface area contributed by atoms with Crippen LogP contribution in [0.3, 0.4) is 0 Å². The molecule has 2 aliphatic rings. The predicted molar refractivity (Wildman–Crippen MR) is 221 cm³/mol. The van der Waals surface area contributed by atoms with Crippen molar-refractivity contribution in [3.05, 3.63) is 24.3 Å². The fraction of sp³-hybridized carbons (Fsp3) is 0.886. The minimum absolute atomic E-state index is 0.225. The van der Waals surface area contributed by atoms with Gasteiger partial charge in [0.15, 0.2) is 12.6 Å². The van der Waals surface area contributed by atoms with Crippen LogP contribution in [0.2, 0.25) is 0 Å². The first-order valence-electron chi connectivity index (χ1n) is 22.6. The van der Waals surface area contributed by atoms with E-state index in [1.807, 2.05) is 0 Å². The van der Waals surface area contributed by atoms with Crippen LogP contribution in [0.25, 0.3) is 0 Å². The van der Waals surface area contributed by atoms with Crippen molar-refractivity contribution in [3.63, 3.8) is 0 Å². The summed E-state index contributed by atoms with van der Waals surface area (Å²) >= 11 is 0. The standard InChI is InChI=1S/C44H81NO13/c1-3-5-7-9-11-13-15-16-17-18-20-22-24-26-28-36(49)45-32(33(48)27-25-23-21-19-14-12-10-8-6-4-2)31-55-43-41(54)39(52)42(35(30-47)57-43)58-44-40(53)38(51)37(50)34(29-46)56-44/h9,11,15-16,32-35,37-44,46-48,50-54H,3-8,10,12-14,17-31H2,1-2H3,(H,45,49)/b11-9-,16-15-. The lowest BCUT2D eigenvalue weighted by atomic mass is 9.97. The highest BCUT2D eigenvalue weighted by Gasteiger charge is 2.51. The zero-order valence-electron chi connectivity index (χ0n) is 35.5. The van der Waals surface area contributed by atoms with Gasteiger partial charge in [-0.05, 0) is 38.5 Å². The number of amides is 1. The van der Waals surface area contributed by atoms with Gasteiger partial charge in [0.1, 0.15) is 48.8 Å². The highest BCUT2D eigenvalue weighted by Crippen LogP contribution is 2.30. The van der Waals surface area contributed by atoms with E-state index in [2.05, 4.69) is 43.5 Å². The topological polar surface area (TPSA) is 228 Å². The number of carbonyl (C=O) groups is 1. The molecule has 2 fully saturated rings. The number of aliphatic hydroxyl groups excluding tert-OH is 8.